The van der Waals surface area contributed by atoms with Crippen LogP contribution in [0.2, 0.25) is 0 Å². The number of nitrogens with zero attached hydrogens (tertiary/aromatic N) is 1. The van der Waals surface area contributed by atoms with Gasteiger partial charge in [-0.2, -0.15) is 5.26 Å². The molecule has 2 atom stereocenters. The predicted molar refractivity (Wildman–Crippen MR) is 59.6 cm³/mol. The number of carbonyl (C=O) groups is 2. The van der Waals surface area contributed by atoms with E-state index in [-0.39, 0.29) is 25.1 Å². The van der Waals surface area contributed by atoms with Crippen LogP contribution in [0.15, 0.2) is 0 Å². The van der Waals surface area contributed by atoms with Crippen molar-refractivity contribution in [3.8, 4) is 6.07 Å². The first-order chi connectivity index (χ1) is 8.19. The number of nitriles is 1. The first kappa shape index (κ1) is 13.5. The van der Waals surface area contributed by atoms with Gasteiger partial charge in [-0.05, 0) is 12.8 Å². The van der Waals surface area contributed by atoms with Gasteiger partial charge < -0.3 is 15.7 Å². The molecule has 6 heteroatoms. The van der Waals surface area contributed by atoms with E-state index in [1.807, 2.05) is 0 Å². The average molecular weight is 239 g/mol. The third-order valence-corrected chi connectivity index (χ3v) is 2.99. The van der Waals surface area contributed by atoms with Gasteiger partial charge in [0.15, 0.2) is 0 Å². The van der Waals surface area contributed by atoms with Gasteiger partial charge >= 0.3 is 11.8 Å². The molecule has 0 aliphatic heterocycles. The van der Waals surface area contributed by atoms with Crippen molar-refractivity contribution in [2.24, 2.45) is 5.92 Å². The van der Waals surface area contributed by atoms with E-state index in [9.17, 15) is 9.59 Å². The highest BCUT2D eigenvalue weighted by Crippen LogP contribution is 2.23. The molecule has 0 aromatic carbocycles. The van der Waals surface area contributed by atoms with Crippen molar-refractivity contribution < 1.29 is 14.7 Å². The van der Waals surface area contributed by atoms with Gasteiger partial charge in [0.05, 0.1) is 6.07 Å². The number of nitrogens with one attached hydrogen (secondary N) is 2. The van der Waals surface area contributed by atoms with Crippen LogP contribution >= 0.6 is 0 Å². The van der Waals surface area contributed by atoms with E-state index in [2.05, 4.69) is 10.6 Å². The van der Waals surface area contributed by atoms with Crippen molar-refractivity contribution in [1.29, 1.82) is 5.26 Å². The predicted octanol–water partition coefficient (Wildman–Crippen LogP) is -0.707. The summed E-state index contributed by atoms with van der Waals surface area (Å²) < 4.78 is 0. The highest BCUT2D eigenvalue weighted by Gasteiger charge is 2.27. The maximum absolute atomic E-state index is 11.5. The molecule has 0 radical (unpaired) electrons. The Hall–Kier alpha value is -1.61. The van der Waals surface area contributed by atoms with Crippen LogP contribution < -0.4 is 10.6 Å². The number of aliphatic hydroxyl groups excluding tert-OH is 1. The van der Waals surface area contributed by atoms with Gasteiger partial charge in [-0.3, -0.25) is 9.59 Å². The summed E-state index contributed by atoms with van der Waals surface area (Å²) in [6.07, 6.45) is 3.67. The molecule has 6 nitrogen and oxygen atoms in total. The highest BCUT2D eigenvalue weighted by atomic mass is 16.3. The van der Waals surface area contributed by atoms with Gasteiger partial charge in [-0.15, -0.1) is 0 Å². The lowest BCUT2D eigenvalue weighted by molar-refractivity contribution is -0.139. The number of aliphatic hydroxyl groups is 1. The second-order valence-electron chi connectivity index (χ2n) is 4.15. The Bertz CT molecular complexity index is 324. The van der Waals surface area contributed by atoms with Crippen LogP contribution in [0.3, 0.4) is 0 Å². The summed E-state index contributed by atoms with van der Waals surface area (Å²) in [5.74, 6) is -1.50. The Labute approximate surface area is 100.0 Å². The molecule has 1 aliphatic carbocycles. The molecule has 1 fully saturated rings. The topological polar surface area (TPSA) is 102 Å². The quantitative estimate of drug-likeness (QED) is 0.447. The van der Waals surface area contributed by atoms with Crippen LogP contribution in [0.5, 0.6) is 0 Å². The van der Waals surface area contributed by atoms with E-state index in [0.29, 0.717) is 0 Å². The van der Waals surface area contributed by atoms with Crippen molar-refractivity contribution in [1.82, 2.24) is 10.6 Å². The number of hydrogen-bond acceptors (Lipinski definition) is 4. The third-order valence-electron chi connectivity index (χ3n) is 2.99. The molecule has 1 saturated carbocycles. The maximum Gasteiger partial charge on any atom is 0.310 e. The fourth-order valence-corrected chi connectivity index (χ4v) is 2.05. The molecular formula is C11H17N3O3. The van der Waals surface area contributed by atoms with Crippen LogP contribution in [0.25, 0.3) is 0 Å². The zero-order valence-corrected chi connectivity index (χ0v) is 9.61. The fourth-order valence-electron chi connectivity index (χ4n) is 2.05. The van der Waals surface area contributed by atoms with E-state index in [0.717, 1.165) is 25.7 Å². The summed E-state index contributed by atoms with van der Waals surface area (Å²) in [5, 5.41) is 22.2. The summed E-state index contributed by atoms with van der Waals surface area (Å²) in [7, 11) is 0. The van der Waals surface area contributed by atoms with Gasteiger partial charge in [-0.25, -0.2) is 0 Å². The van der Waals surface area contributed by atoms with Gasteiger partial charge in [-0.1, -0.05) is 12.8 Å². The lowest BCUT2D eigenvalue weighted by atomic mass is 9.85. The van der Waals surface area contributed by atoms with E-state index in [1.54, 1.807) is 6.07 Å². The first-order valence-corrected chi connectivity index (χ1v) is 5.75. The molecule has 0 aromatic rings. The average Bonchev–Trinajstić information content (AvgIpc) is 2.36. The maximum atomic E-state index is 11.5. The Morgan fingerprint density at radius 3 is 2.65 bits per heavy atom. The van der Waals surface area contributed by atoms with Crippen LogP contribution in [-0.2, 0) is 9.59 Å². The zero-order valence-electron chi connectivity index (χ0n) is 9.61. The molecule has 0 aromatic heterocycles. The monoisotopic (exact) mass is 239 g/mol. The molecule has 0 saturated heterocycles. The van der Waals surface area contributed by atoms with E-state index in [1.165, 1.54) is 0 Å². The van der Waals surface area contributed by atoms with E-state index in [4.69, 9.17) is 10.4 Å². The molecule has 94 valence electrons. The lowest BCUT2D eigenvalue weighted by Crippen LogP contribution is -2.49. The van der Waals surface area contributed by atoms with Crippen molar-refractivity contribution in [2.45, 2.75) is 31.7 Å². The highest BCUT2D eigenvalue weighted by molar-refractivity contribution is 6.35. The van der Waals surface area contributed by atoms with Crippen LogP contribution in [-0.4, -0.2) is 36.1 Å². The first-order valence-electron chi connectivity index (χ1n) is 5.75. The lowest BCUT2D eigenvalue weighted by Gasteiger charge is -2.30. The molecule has 0 bridgehead atoms. The summed E-state index contributed by atoms with van der Waals surface area (Å²) in [4.78, 5) is 22.7. The Morgan fingerprint density at radius 2 is 2.00 bits per heavy atom. The third kappa shape index (κ3) is 4.04. The molecule has 17 heavy (non-hydrogen) atoms. The molecule has 0 heterocycles. The SMILES string of the molecule is N#CCNC(=O)C(=O)NC1CCCCC1CO. The fraction of sp³-hybridized carbons (Fsp3) is 0.727. The standard InChI is InChI=1S/C11H17N3O3/c12-5-6-13-10(16)11(17)14-9-4-2-1-3-8(9)7-15/h8-9,15H,1-4,6-7H2,(H,13,16)(H,14,17). The Kier molecular flexibility index (Phi) is 5.43. The van der Waals surface area contributed by atoms with Gasteiger partial charge in [0.2, 0.25) is 0 Å². The van der Waals surface area contributed by atoms with Crippen molar-refractivity contribution in [2.75, 3.05) is 13.2 Å². The van der Waals surface area contributed by atoms with Crippen LogP contribution in [0.1, 0.15) is 25.7 Å². The van der Waals surface area contributed by atoms with Crippen molar-refractivity contribution >= 4 is 11.8 Å². The number of hydrogen-bond donors (Lipinski definition) is 3. The molecule has 1 aliphatic rings. The van der Waals surface area contributed by atoms with Gasteiger partial charge in [0.25, 0.3) is 0 Å². The molecule has 3 N–H and O–H groups in total. The second kappa shape index (κ2) is 6.86. The van der Waals surface area contributed by atoms with E-state index < -0.39 is 11.8 Å². The minimum Gasteiger partial charge on any atom is -0.396 e. The minimum atomic E-state index is -0.797. The summed E-state index contributed by atoms with van der Waals surface area (Å²) in [6.45, 7) is -0.162. The Balaban J connectivity index is 2.43. The molecule has 1 rings (SSSR count). The van der Waals surface area contributed by atoms with Crippen molar-refractivity contribution in [3.63, 3.8) is 0 Å². The van der Waals surface area contributed by atoms with Crippen LogP contribution in [0, 0.1) is 17.2 Å². The van der Waals surface area contributed by atoms with Crippen molar-refractivity contribution in [3.05, 3.63) is 0 Å². The summed E-state index contributed by atoms with van der Waals surface area (Å²) in [5.41, 5.74) is 0. The summed E-state index contributed by atoms with van der Waals surface area (Å²) >= 11 is 0. The summed E-state index contributed by atoms with van der Waals surface area (Å²) in [6, 6.07) is 1.58. The molecule has 2 unspecified atom stereocenters. The number of rotatable bonds is 3. The van der Waals surface area contributed by atoms with Gasteiger partial charge in [0.1, 0.15) is 6.54 Å². The largest absolute Gasteiger partial charge is 0.396 e. The minimum absolute atomic E-state index is 0.0186. The smallest absolute Gasteiger partial charge is 0.310 e. The number of carbonyl (C=O) groups excluding carboxylic acids is 2. The Morgan fingerprint density at radius 1 is 1.29 bits per heavy atom. The zero-order chi connectivity index (χ0) is 12.7. The van der Waals surface area contributed by atoms with E-state index >= 15 is 0 Å². The molecular weight excluding hydrogens is 222 g/mol. The molecule has 0 spiro atoms. The molecule has 2 amide bonds. The van der Waals surface area contributed by atoms with Crippen LogP contribution in [0.4, 0.5) is 0 Å². The number of amides is 2. The van der Waals surface area contributed by atoms with Gasteiger partial charge in [0, 0.05) is 18.6 Å². The normalized spacial score (nSPS) is 23.5. The second-order valence-corrected chi connectivity index (χ2v) is 4.15.